The summed E-state index contributed by atoms with van der Waals surface area (Å²) in [5.74, 6) is 0.698. The number of ether oxygens (including phenoxy) is 1. The van der Waals surface area contributed by atoms with Gasteiger partial charge in [-0.2, -0.15) is 0 Å². The van der Waals surface area contributed by atoms with Gasteiger partial charge in [-0.25, -0.2) is 0 Å². The molecule has 0 fully saturated rings. The molecule has 134 valence electrons. The Morgan fingerprint density at radius 1 is 1.12 bits per heavy atom. The van der Waals surface area contributed by atoms with Crippen LogP contribution in [0.15, 0.2) is 53.9 Å². The van der Waals surface area contributed by atoms with Gasteiger partial charge in [-0.3, -0.25) is 4.79 Å². The average Bonchev–Trinajstić information content (AvgIpc) is 3.13. The number of nitrogens with one attached hydrogen (secondary N) is 2. The summed E-state index contributed by atoms with van der Waals surface area (Å²) in [7, 11) is 1.65. The van der Waals surface area contributed by atoms with Crippen molar-refractivity contribution in [2.24, 2.45) is 0 Å². The Morgan fingerprint density at radius 2 is 1.92 bits per heavy atom. The molecule has 0 spiro atoms. The number of hydrogen-bond acceptors (Lipinski definition) is 5. The van der Waals surface area contributed by atoms with Gasteiger partial charge in [-0.05, 0) is 65.4 Å². The number of benzene rings is 2. The van der Waals surface area contributed by atoms with E-state index >= 15 is 0 Å². The summed E-state index contributed by atoms with van der Waals surface area (Å²) in [6.07, 6.45) is 1.96. The van der Waals surface area contributed by atoms with Crippen LogP contribution in [-0.2, 0) is 0 Å². The lowest BCUT2D eigenvalue weighted by molar-refractivity contribution is 0.103. The number of rotatable bonds is 6. The third-order valence-corrected chi connectivity index (χ3v) is 5.29. The molecular weight excluding hydrogens is 364 g/mol. The highest BCUT2D eigenvalue weighted by molar-refractivity contribution is 7.99. The van der Waals surface area contributed by atoms with E-state index in [-0.39, 0.29) is 5.91 Å². The van der Waals surface area contributed by atoms with Crippen LogP contribution in [0.2, 0.25) is 0 Å². The van der Waals surface area contributed by atoms with Gasteiger partial charge in [-0.1, -0.05) is 24.1 Å². The molecule has 0 radical (unpaired) electrons. The number of aryl methyl sites for hydroxylation is 1. The van der Waals surface area contributed by atoms with Crippen molar-refractivity contribution < 1.29 is 9.53 Å². The van der Waals surface area contributed by atoms with Crippen LogP contribution in [0.25, 0.3) is 11.1 Å². The first kappa shape index (κ1) is 18.4. The number of anilines is 2. The molecule has 0 aliphatic heterocycles. The van der Waals surface area contributed by atoms with Gasteiger partial charge in [-0.15, -0.1) is 11.3 Å². The van der Waals surface area contributed by atoms with E-state index in [1.165, 1.54) is 23.3 Å². The fourth-order valence-corrected chi connectivity index (χ4v) is 3.77. The number of amides is 1. The first-order valence-corrected chi connectivity index (χ1v) is 10.1. The molecule has 0 aliphatic carbocycles. The molecule has 1 heterocycles. The fourth-order valence-electron chi connectivity index (χ4n) is 2.61. The van der Waals surface area contributed by atoms with Crippen LogP contribution >= 0.6 is 23.3 Å². The van der Waals surface area contributed by atoms with Crippen LogP contribution in [0.3, 0.4) is 0 Å². The van der Waals surface area contributed by atoms with Crippen molar-refractivity contribution in [3.05, 3.63) is 64.4 Å². The molecule has 0 atom stereocenters. The maximum absolute atomic E-state index is 12.6. The molecule has 0 aliphatic rings. The van der Waals surface area contributed by atoms with Gasteiger partial charge in [0.15, 0.2) is 0 Å². The second-order valence-corrected chi connectivity index (χ2v) is 7.25. The quantitative estimate of drug-likeness (QED) is 0.537. The zero-order valence-electron chi connectivity index (χ0n) is 14.8. The molecule has 0 saturated heterocycles. The molecule has 26 heavy (non-hydrogen) atoms. The van der Waals surface area contributed by atoms with Crippen LogP contribution in [0.5, 0.6) is 5.75 Å². The summed E-state index contributed by atoms with van der Waals surface area (Å²) < 4.78 is 8.47. The predicted molar refractivity (Wildman–Crippen MR) is 113 cm³/mol. The smallest absolute Gasteiger partial charge is 0.265 e. The molecule has 1 amide bonds. The van der Waals surface area contributed by atoms with Crippen molar-refractivity contribution in [2.45, 2.75) is 6.92 Å². The zero-order valence-corrected chi connectivity index (χ0v) is 16.5. The van der Waals surface area contributed by atoms with Crippen molar-refractivity contribution >= 4 is 40.6 Å². The Labute approximate surface area is 161 Å². The number of thiophene rings is 1. The molecule has 0 unspecified atom stereocenters. The van der Waals surface area contributed by atoms with E-state index in [1.807, 2.05) is 60.2 Å². The Morgan fingerprint density at radius 3 is 2.69 bits per heavy atom. The number of hydrogen-bond donors (Lipinski definition) is 2. The Hall–Kier alpha value is -2.44. The van der Waals surface area contributed by atoms with Gasteiger partial charge in [0, 0.05) is 17.6 Å². The highest BCUT2D eigenvalue weighted by Crippen LogP contribution is 2.31. The Bertz CT molecular complexity index is 922. The highest BCUT2D eigenvalue weighted by atomic mass is 32.2. The van der Waals surface area contributed by atoms with Crippen molar-refractivity contribution in [3.63, 3.8) is 0 Å². The van der Waals surface area contributed by atoms with Gasteiger partial charge in [0.2, 0.25) is 0 Å². The van der Waals surface area contributed by atoms with Crippen LogP contribution in [0, 0.1) is 6.92 Å². The van der Waals surface area contributed by atoms with Crippen molar-refractivity contribution in [1.82, 2.24) is 0 Å². The molecule has 2 aromatic carbocycles. The predicted octanol–water partition coefficient (Wildman–Crippen LogP) is 5.67. The molecule has 0 bridgehead atoms. The van der Waals surface area contributed by atoms with E-state index in [1.54, 1.807) is 7.11 Å². The average molecular weight is 385 g/mol. The maximum Gasteiger partial charge on any atom is 0.265 e. The maximum atomic E-state index is 12.6. The van der Waals surface area contributed by atoms with E-state index in [0.717, 1.165) is 33.8 Å². The van der Waals surface area contributed by atoms with Gasteiger partial charge < -0.3 is 14.8 Å². The first-order chi connectivity index (χ1) is 12.6. The standard InChI is InChI=1S/C20H20N2O2S2/c1-13-7-8-17(24-2)11-18(13)14-9-19(26-12-14)20(23)21-15-5-4-6-16(10-15)22-25-3/h4-12,22H,1-3H3,(H,21,23). The summed E-state index contributed by atoms with van der Waals surface area (Å²) in [6, 6.07) is 15.5. The van der Waals surface area contributed by atoms with E-state index in [0.29, 0.717) is 4.88 Å². The van der Waals surface area contributed by atoms with Gasteiger partial charge >= 0.3 is 0 Å². The largest absolute Gasteiger partial charge is 0.497 e. The number of carbonyl (C=O) groups is 1. The molecule has 0 saturated carbocycles. The highest BCUT2D eigenvalue weighted by Gasteiger charge is 2.12. The number of carbonyl (C=O) groups excluding carboxylic acids is 1. The third-order valence-electron chi connectivity index (χ3n) is 3.92. The van der Waals surface area contributed by atoms with E-state index in [4.69, 9.17) is 4.74 Å². The lowest BCUT2D eigenvalue weighted by Crippen LogP contribution is -2.10. The van der Waals surface area contributed by atoms with E-state index < -0.39 is 0 Å². The van der Waals surface area contributed by atoms with Crippen molar-refractivity contribution in [3.8, 4) is 16.9 Å². The SMILES string of the molecule is COc1ccc(C)c(-c2csc(C(=O)Nc3cccc(NSC)c3)c2)c1. The van der Waals surface area contributed by atoms with E-state index in [2.05, 4.69) is 17.0 Å². The van der Waals surface area contributed by atoms with Gasteiger partial charge in [0.1, 0.15) is 5.75 Å². The fraction of sp³-hybridized carbons (Fsp3) is 0.150. The number of methoxy groups -OCH3 is 1. The van der Waals surface area contributed by atoms with Gasteiger partial charge in [0.25, 0.3) is 5.91 Å². The topological polar surface area (TPSA) is 50.4 Å². The van der Waals surface area contributed by atoms with Crippen molar-refractivity contribution in [2.75, 3.05) is 23.4 Å². The molecule has 1 aromatic heterocycles. The molecule has 3 aromatic rings. The minimum Gasteiger partial charge on any atom is -0.497 e. The molecule has 6 heteroatoms. The van der Waals surface area contributed by atoms with Crippen molar-refractivity contribution in [1.29, 1.82) is 0 Å². The summed E-state index contributed by atoms with van der Waals surface area (Å²) >= 11 is 2.95. The summed E-state index contributed by atoms with van der Waals surface area (Å²) in [5.41, 5.74) is 4.96. The second-order valence-electron chi connectivity index (χ2n) is 5.72. The lowest BCUT2D eigenvalue weighted by atomic mass is 10.0. The van der Waals surface area contributed by atoms with E-state index in [9.17, 15) is 4.79 Å². The summed E-state index contributed by atoms with van der Waals surface area (Å²) in [5, 5.41) is 4.96. The molecular formula is C20H20N2O2S2. The molecule has 2 N–H and O–H groups in total. The minimum atomic E-state index is -0.108. The Kier molecular flexibility index (Phi) is 5.85. The van der Waals surface area contributed by atoms with Crippen LogP contribution in [0.4, 0.5) is 11.4 Å². The minimum absolute atomic E-state index is 0.108. The normalized spacial score (nSPS) is 10.4. The monoisotopic (exact) mass is 384 g/mol. The molecule has 4 nitrogen and oxygen atoms in total. The summed E-state index contributed by atoms with van der Waals surface area (Å²) in [6.45, 7) is 2.05. The van der Waals surface area contributed by atoms with Crippen LogP contribution < -0.4 is 14.8 Å². The third kappa shape index (κ3) is 4.20. The lowest BCUT2D eigenvalue weighted by Gasteiger charge is -2.07. The first-order valence-electron chi connectivity index (χ1n) is 8.04. The molecule has 3 rings (SSSR count). The van der Waals surface area contributed by atoms with Crippen LogP contribution in [-0.4, -0.2) is 19.3 Å². The second kappa shape index (κ2) is 8.29. The zero-order chi connectivity index (χ0) is 18.5. The van der Waals surface area contributed by atoms with Gasteiger partial charge in [0.05, 0.1) is 12.0 Å². The van der Waals surface area contributed by atoms with Crippen LogP contribution in [0.1, 0.15) is 15.2 Å². The summed E-state index contributed by atoms with van der Waals surface area (Å²) in [4.78, 5) is 13.3. The Balaban J connectivity index is 1.79.